The first-order valence-corrected chi connectivity index (χ1v) is 10.2. The van der Waals surface area contributed by atoms with Crippen molar-refractivity contribution in [2.45, 2.75) is 38.5 Å². The normalized spacial score (nSPS) is 17.7. The summed E-state index contributed by atoms with van der Waals surface area (Å²) in [6.07, 6.45) is 1.93. The third kappa shape index (κ3) is 3.13. The molecule has 1 heterocycles. The monoisotopic (exact) mass is 639 g/mol. The number of carboxylic acids is 1. The molecule has 1 N–H and O–H groups in total. The van der Waals surface area contributed by atoms with Crippen LogP contribution in [0.25, 0.3) is 0 Å². The van der Waals surface area contributed by atoms with E-state index in [0.717, 1.165) is 28.4 Å². The quantitative estimate of drug-likeness (QED) is 0.499. The molecule has 1 aromatic rings. The first kappa shape index (κ1) is 18.7. The summed E-state index contributed by atoms with van der Waals surface area (Å²) in [7, 11) is 0. The molecule has 1 aliphatic heterocycles. The van der Waals surface area contributed by atoms with Gasteiger partial charge < -0.3 is 10.0 Å². The summed E-state index contributed by atoms with van der Waals surface area (Å²) in [6, 6.07) is 1.98. The van der Waals surface area contributed by atoms with Crippen molar-refractivity contribution in [3.63, 3.8) is 0 Å². The SMILES string of the molecule is CCC(C)(C(=O)O)c1c(I)cc(I)c(N2CCCC2=O)c1I. The molecule has 22 heavy (non-hydrogen) atoms. The molecule has 0 bridgehead atoms. The van der Waals surface area contributed by atoms with Gasteiger partial charge in [0, 0.05) is 23.7 Å². The maximum Gasteiger partial charge on any atom is 0.313 e. The lowest BCUT2D eigenvalue weighted by atomic mass is 9.80. The molecular weight excluding hydrogens is 623 g/mol. The molecule has 1 aromatic carbocycles. The number of carboxylic acid groups (broad SMARTS) is 1. The Kier molecular flexibility index (Phi) is 6.01. The van der Waals surface area contributed by atoms with E-state index in [1.165, 1.54) is 0 Å². The van der Waals surface area contributed by atoms with E-state index < -0.39 is 11.4 Å². The van der Waals surface area contributed by atoms with Crippen LogP contribution >= 0.6 is 67.8 Å². The minimum absolute atomic E-state index is 0.122. The largest absolute Gasteiger partial charge is 0.481 e. The number of benzene rings is 1. The standard InChI is InChI=1S/C15H16I3NO3/c1-3-15(2,14(21)22)11-8(16)7-9(17)13(12(11)18)19-6-4-5-10(19)20/h7H,3-6H2,1-2H3,(H,21,22). The van der Waals surface area contributed by atoms with Crippen LogP contribution < -0.4 is 4.90 Å². The van der Waals surface area contributed by atoms with Crippen molar-refractivity contribution in [2.24, 2.45) is 0 Å². The van der Waals surface area contributed by atoms with Crippen molar-refractivity contribution in [3.8, 4) is 0 Å². The lowest BCUT2D eigenvalue weighted by Gasteiger charge is -2.30. The van der Waals surface area contributed by atoms with Gasteiger partial charge in [0.25, 0.3) is 0 Å². The van der Waals surface area contributed by atoms with E-state index in [1.807, 2.05) is 13.0 Å². The van der Waals surface area contributed by atoms with Crippen LogP contribution in [0.5, 0.6) is 0 Å². The van der Waals surface area contributed by atoms with Gasteiger partial charge in [-0.3, -0.25) is 9.59 Å². The molecule has 1 fully saturated rings. The molecule has 0 radical (unpaired) electrons. The van der Waals surface area contributed by atoms with Crippen molar-refractivity contribution in [1.29, 1.82) is 0 Å². The number of amides is 1. The molecule has 120 valence electrons. The zero-order valence-electron chi connectivity index (χ0n) is 12.3. The molecule has 0 aromatic heterocycles. The van der Waals surface area contributed by atoms with Gasteiger partial charge in [-0.2, -0.15) is 0 Å². The van der Waals surface area contributed by atoms with Crippen LogP contribution in [0.4, 0.5) is 5.69 Å². The van der Waals surface area contributed by atoms with E-state index in [0.29, 0.717) is 19.4 Å². The minimum Gasteiger partial charge on any atom is -0.481 e. The molecule has 0 saturated carbocycles. The number of halogens is 3. The van der Waals surface area contributed by atoms with Crippen molar-refractivity contribution >= 4 is 85.3 Å². The number of carbonyl (C=O) groups is 2. The molecule has 0 aliphatic carbocycles. The smallest absolute Gasteiger partial charge is 0.313 e. The van der Waals surface area contributed by atoms with Gasteiger partial charge in [-0.15, -0.1) is 0 Å². The van der Waals surface area contributed by atoms with Crippen LogP contribution in [-0.4, -0.2) is 23.5 Å². The average molecular weight is 639 g/mol. The molecule has 7 heteroatoms. The number of aliphatic carboxylic acids is 1. The summed E-state index contributed by atoms with van der Waals surface area (Å²) in [4.78, 5) is 25.8. The van der Waals surface area contributed by atoms with Crippen LogP contribution in [0.3, 0.4) is 0 Å². The van der Waals surface area contributed by atoms with Gasteiger partial charge in [-0.05, 0) is 99.2 Å². The van der Waals surface area contributed by atoms with Gasteiger partial charge in [0.2, 0.25) is 5.91 Å². The fourth-order valence-corrected chi connectivity index (χ4v) is 7.80. The van der Waals surface area contributed by atoms with Gasteiger partial charge >= 0.3 is 5.97 Å². The molecule has 4 nitrogen and oxygen atoms in total. The predicted molar refractivity (Wildman–Crippen MR) is 111 cm³/mol. The number of hydrogen-bond acceptors (Lipinski definition) is 2. The number of carbonyl (C=O) groups excluding carboxylic acids is 1. The summed E-state index contributed by atoms with van der Waals surface area (Å²) < 4.78 is 2.82. The summed E-state index contributed by atoms with van der Waals surface area (Å²) in [5.74, 6) is -0.706. The topological polar surface area (TPSA) is 57.6 Å². The van der Waals surface area contributed by atoms with Gasteiger partial charge in [0.05, 0.1) is 11.1 Å². The lowest BCUT2D eigenvalue weighted by molar-refractivity contribution is -0.143. The summed E-state index contributed by atoms with van der Waals surface area (Å²) >= 11 is 6.64. The van der Waals surface area contributed by atoms with E-state index in [-0.39, 0.29) is 5.91 Å². The number of nitrogens with zero attached hydrogens (tertiary/aromatic N) is 1. The van der Waals surface area contributed by atoms with Crippen LogP contribution in [0.15, 0.2) is 6.07 Å². The summed E-state index contributed by atoms with van der Waals surface area (Å²) in [5.41, 5.74) is 0.744. The Morgan fingerprint density at radius 3 is 2.45 bits per heavy atom. The zero-order chi connectivity index (χ0) is 16.7. The Labute approximate surface area is 170 Å². The average Bonchev–Trinajstić information content (AvgIpc) is 2.84. The maximum atomic E-state index is 12.1. The second kappa shape index (κ2) is 7.08. The molecule has 1 amide bonds. The van der Waals surface area contributed by atoms with E-state index in [2.05, 4.69) is 67.8 Å². The fourth-order valence-electron chi connectivity index (χ4n) is 2.65. The molecule has 1 unspecified atom stereocenters. The fraction of sp³-hybridized carbons (Fsp3) is 0.467. The summed E-state index contributed by atoms with van der Waals surface area (Å²) in [6.45, 7) is 4.36. The van der Waals surface area contributed by atoms with Crippen molar-refractivity contribution < 1.29 is 14.7 Å². The zero-order valence-corrected chi connectivity index (χ0v) is 18.7. The molecular formula is C15H16I3NO3. The molecule has 1 atom stereocenters. The third-order valence-corrected chi connectivity index (χ3v) is 6.94. The van der Waals surface area contributed by atoms with Gasteiger partial charge in [0.15, 0.2) is 0 Å². The first-order chi connectivity index (χ1) is 10.2. The van der Waals surface area contributed by atoms with Crippen molar-refractivity contribution in [1.82, 2.24) is 0 Å². The first-order valence-electron chi connectivity index (χ1n) is 6.95. The van der Waals surface area contributed by atoms with Gasteiger partial charge in [0.1, 0.15) is 0 Å². The van der Waals surface area contributed by atoms with E-state index in [1.54, 1.807) is 11.8 Å². The lowest BCUT2D eigenvalue weighted by Crippen LogP contribution is -2.35. The highest BCUT2D eigenvalue weighted by molar-refractivity contribution is 14.1. The van der Waals surface area contributed by atoms with Crippen LogP contribution in [0.2, 0.25) is 0 Å². The van der Waals surface area contributed by atoms with Crippen molar-refractivity contribution in [2.75, 3.05) is 11.4 Å². The summed E-state index contributed by atoms with van der Waals surface area (Å²) in [5, 5.41) is 9.72. The van der Waals surface area contributed by atoms with Gasteiger partial charge in [-0.25, -0.2) is 0 Å². The Hall–Kier alpha value is 0.350. The van der Waals surface area contributed by atoms with Crippen LogP contribution in [0.1, 0.15) is 38.7 Å². The predicted octanol–water partition coefficient (Wildman–Crippen LogP) is 4.38. The molecule has 1 aliphatic rings. The molecule has 1 saturated heterocycles. The number of rotatable bonds is 4. The maximum absolute atomic E-state index is 12.1. The van der Waals surface area contributed by atoms with Crippen LogP contribution in [0, 0.1) is 10.7 Å². The highest BCUT2D eigenvalue weighted by atomic mass is 127. The second-order valence-corrected chi connectivity index (χ2v) is 8.92. The van der Waals surface area contributed by atoms with Gasteiger partial charge in [-0.1, -0.05) is 6.92 Å². The molecule has 0 spiro atoms. The van der Waals surface area contributed by atoms with E-state index >= 15 is 0 Å². The highest BCUT2D eigenvalue weighted by Gasteiger charge is 2.39. The minimum atomic E-state index is -0.949. The third-order valence-electron chi connectivity index (χ3n) is 4.22. The Morgan fingerprint density at radius 2 is 2.00 bits per heavy atom. The van der Waals surface area contributed by atoms with Crippen molar-refractivity contribution in [3.05, 3.63) is 22.3 Å². The Balaban J connectivity index is 2.71. The van der Waals surface area contributed by atoms with Crippen LogP contribution in [-0.2, 0) is 15.0 Å². The van der Waals surface area contributed by atoms with E-state index in [9.17, 15) is 14.7 Å². The Bertz CT molecular complexity index is 647. The number of hydrogen-bond donors (Lipinski definition) is 1. The number of anilines is 1. The second-order valence-electron chi connectivity index (χ2n) is 5.52. The highest BCUT2D eigenvalue weighted by Crippen LogP contribution is 2.42. The Morgan fingerprint density at radius 1 is 1.36 bits per heavy atom. The molecule has 2 rings (SSSR count). The van der Waals surface area contributed by atoms with E-state index in [4.69, 9.17) is 0 Å².